The fourth-order valence-electron chi connectivity index (χ4n) is 2.82. The molecule has 0 spiro atoms. The summed E-state index contributed by atoms with van der Waals surface area (Å²) in [6.07, 6.45) is 0. The smallest absolute Gasteiger partial charge is 0.249 e. The van der Waals surface area contributed by atoms with Crippen LogP contribution in [0.5, 0.6) is 5.75 Å². The molecule has 3 atom stereocenters. The second-order valence-corrected chi connectivity index (χ2v) is 6.64. The third-order valence-electron chi connectivity index (χ3n) is 4.64. The first-order valence-electron chi connectivity index (χ1n) is 9.08. The molecule has 3 N–H and O–H groups in total. The van der Waals surface area contributed by atoms with Crippen LogP contribution in [0.2, 0.25) is 0 Å². The maximum Gasteiger partial charge on any atom is 0.249 e. The van der Waals surface area contributed by atoms with E-state index in [2.05, 4.69) is 15.5 Å². The summed E-state index contributed by atoms with van der Waals surface area (Å²) in [6.45, 7) is 3.59. The number of aromatic nitrogens is 2. The largest absolute Gasteiger partial charge is 0.497 e. The van der Waals surface area contributed by atoms with Gasteiger partial charge in [0, 0.05) is 11.6 Å². The first kappa shape index (κ1) is 19.6. The SMILES string of the molecule is COc1cccc(-c2noc(C(C)NC(=O)C(C)C(N)c3ccccc3)n2)c1. The van der Waals surface area contributed by atoms with Crippen LogP contribution in [0.25, 0.3) is 11.4 Å². The van der Waals surface area contributed by atoms with Crippen molar-refractivity contribution in [1.29, 1.82) is 0 Å². The fourth-order valence-corrected chi connectivity index (χ4v) is 2.82. The minimum atomic E-state index is -0.440. The van der Waals surface area contributed by atoms with Gasteiger partial charge in [0.05, 0.1) is 13.0 Å². The first-order valence-corrected chi connectivity index (χ1v) is 9.08. The number of benzene rings is 2. The highest BCUT2D eigenvalue weighted by Gasteiger charge is 2.25. The molecule has 1 aromatic heterocycles. The van der Waals surface area contributed by atoms with E-state index in [1.807, 2.05) is 54.6 Å². The van der Waals surface area contributed by atoms with Crippen LogP contribution in [0.3, 0.4) is 0 Å². The van der Waals surface area contributed by atoms with E-state index in [1.165, 1.54) is 0 Å². The molecular formula is C21H24N4O3. The number of ether oxygens (including phenoxy) is 1. The molecule has 28 heavy (non-hydrogen) atoms. The summed E-state index contributed by atoms with van der Waals surface area (Å²) in [5.74, 6) is 0.875. The van der Waals surface area contributed by atoms with E-state index in [9.17, 15) is 4.79 Å². The van der Waals surface area contributed by atoms with Crippen molar-refractivity contribution < 1.29 is 14.1 Å². The normalized spacial score (nSPS) is 14.1. The van der Waals surface area contributed by atoms with Gasteiger partial charge in [-0.25, -0.2) is 0 Å². The molecule has 2 aromatic carbocycles. The zero-order valence-corrected chi connectivity index (χ0v) is 16.1. The predicted octanol–water partition coefficient (Wildman–Crippen LogP) is 3.26. The highest BCUT2D eigenvalue weighted by Crippen LogP contribution is 2.24. The number of hydrogen-bond acceptors (Lipinski definition) is 6. The van der Waals surface area contributed by atoms with Crippen molar-refractivity contribution in [3.63, 3.8) is 0 Å². The lowest BCUT2D eigenvalue weighted by Gasteiger charge is -2.21. The number of nitrogens with one attached hydrogen (secondary N) is 1. The van der Waals surface area contributed by atoms with E-state index >= 15 is 0 Å². The molecule has 0 aliphatic carbocycles. The Labute approximate surface area is 163 Å². The van der Waals surface area contributed by atoms with Gasteiger partial charge in [-0.3, -0.25) is 4.79 Å². The maximum atomic E-state index is 12.6. The van der Waals surface area contributed by atoms with Gasteiger partial charge in [-0.15, -0.1) is 0 Å². The number of methoxy groups -OCH3 is 1. The van der Waals surface area contributed by atoms with Gasteiger partial charge < -0.3 is 20.3 Å². The van der Waals surface area contributed by atoms with Crippen molar-refractivity contribution in [2.24, 2.45) is 11.7 Å². The third kappa shape index (κ3) is 4.37. The quantitative estimate of drug-likeness (QED) is 0.652. The lowest BCUT2D eigenvalue weighted by atomic mass is 9.94. The lowest BCUT2D eigenvalue weighted by molar-refractivity contribution is -0.126. The summed E-state index contributed by atoms with van der Waals surface area (Å²) >= 11 is 0. The van der Waals surface area contributed by atoms with Crippen LogP contribution in [0, 0.1) is 5.92 Å². The molecule has 7 nitrogen and oxygen atoms in total. The number of carbonyl (C=O) groups excluding carboxylic acids is 1. The van der Waals surface area contributed by atoms with E-state index in [-0.39, 0.29) is 5.91 Å². The fraction of sp³-hybridized carbons (Fsp3) is 0.286. The highest BCUT2D eigenvalue weighted by molar-refractivity contribution is 5.79. The summed E-state index contributed by atoms with van der Waals surface area (Å²) in [5, 5.41) is 6.89. The maximum absolute atomic E-state index is 12.6. The van der Waals surface area contributed by atoms with Gasteiger partial charge in [0.2, 0.25) is 17.6 Å². The van der Waals surface area contributed by atoms with Gasteiger partial charge in [0.25, 0.3) is 0 Å². The van der Waals surface area contributed by atoms with Crippen molar-refractivity contribution in [1.82, 2.24) is 15.5 Å². The van der Waals surface area contributed by atoms with Gasteiger partial charge in [-0.2, -0.15) is 4.98 Å². The molecular weight excluding hydrogens is 356 g/mol. The van der Waals surface area contributed by atoms with Gasteiger partial charge >= 0.3 is 0 Å². The van der Waals surface area contributed by atoms with Gasteiger partial charge in [-0.1, -0.05) is 54.5 Å². The van der Waals surface area contributed by atoms with Crippen LogP contribution >= 0.6 is 0 Å². The molecule has 3 unspecified atom stereocenters. The number of rotatable bonds is 7. The molecule has 0 fully saturated rings. The highest BCUT2D eigenvalue weighted by atomic mass is 16.5. The lowest BCUT2D eigenvalue weighted by Crippen LogP contribution is -2.37. The van der Waals surface area contributed by atoms with Crippen molar-refractivity contribution in [2.75, 3.05) is 7.11 Å². The Morgan fingerprint density at radius 2 is 1.89 bits per heavy atom. The molecule has 146 valence electrons. The minimum absolute atomic E-state index is 0.176. The molecule has 0 bridgehead atoms. The second-order valence-electron chi connectivity index (χ2n) is 6.64. The average molecular weight is 380 g/mol. The Bertz CT molecular complexity index is 926. The molecule has 0 aliphatic heterocycles. The average Bonchev–Trinajstić information content (AvgIpc) is 3.24. The number of hydrogen-bond donors (Lipinski definition) is 2. The molecule has 7 heteroatoms. The Morgan fingerprint density at radius 3 is 2.61 bits per heavy atom. The Hall–Kier alpha value is -3.19. The summed E-state index contributed by atoms with van der Waals surface area (Å²) in [6, 6.07) is 16.1. The van der Waals surface area contributed by atoms with Crippen molar-refractivity contribution in [3.05, 3.63) is 66.1 Å². The third-order valence-corrected chi connectivity index (χ3v) is 4.64. The van der Waals surface area contributed by atoms with E-state index in [0.717, 1.165) is 11.1 Å². The van der Waals surface area contributed by atoms with Crippen LogP contribution in [-0.2, 0) is 4.79 Å². The monoisotopic (exact) mass is 380 g/mol. The van der Waals surface area contributed by atoms with E-state index < -0.39 is 18.0 Å². The van der Waals surface area contributed by atoms with Gasteiger partial charge in [0.15, 0.2) is 0 Å². The second kappa shape index (κ2) is 8.67. The molecule has 3 aromatic rings. The molecule has 0 saturated carbocycles. The van der Waals surface area contributed by atoms with Crippen molar-refractivity contribution in [3.8, 4) is 17.1 Å². The van der Waals surface area contributed by atoms with E-state index in [0.29, 0.717) is 17.5 Å². The molecule has 1 amide bonds. The molecule has 0 radical (unpaired) electrons. The molecule has 0 saturated heterocycles. The van der Waals surface area contributed by atoms with Crippen LogP contribution in [0.4, 0.5) is 0 Å². The van der Waals surface area contributed by atoms with Crippen molar-refractivity contribution in [2.45, 2.75) is 25.9 Å². The molecule has 0 aliphatic rings. The Morgan fingerprint density at radius 1 is 1.14 bits per heavy atom. The summed E-state index contributed by atoms with van der Waals surface area (Å²) in [5.41, 5.74) is 7.92. The Balaban J connectivity index is 1.66. The van der Waals surface area contributed by atoms with Crippen LogP contribution < -0.4 is 15.8 Å². The number of nitrogens with two attached hydrogens (primary N) is 1. The number of carbonyl (C=O) groups is 1. The first-order chi connectivity index (χ1) is 13.5. The van der Waals surface area contributed by atoms with E-state index in [1.54, 1.807) is 21.0 Å². The van der Waals surface area contributed by atoms with Gasteiger partial charge in [0.1, 0.15) is 11.8 Å². The predicted molar refractivity (Wildman–Crippen MR) is 105 cm³/mol. The van der Waals surface area contributed by atoms with Crippen LogP contribution in [0.1, 0.15) is 37.4 Å². The van der Waals surface area contributed by atoms with Gasteiger partial charge in [-0.05, 0) is 24.6 Å². The standard InChI is InChI=1S/C21H24N4O3/c1-13(18(22)15-8-5-4-6-9-15)20(26)23-14(2)21-24-19(25-28-21)16-10-7-11-17(12-16)27-3/h4-14,18H,22H2,1-3H3,(H,23,26). The zero-order valence-electron chi connectivity index (χ0n) is 16.1. The Kier molecular flexibility index (Phi) is 6.06. The van der Waals surface area contributed by atoms with E-state index in [4.69, 9.17) is 15.0 Å². The van der Waals surface area contributed by atoms with Crippen LogP contribution in [-0.4, -0.2) is 23.2 Å². The number of nitrogens with zero attached hydrogens (tertiary/aromatic N) is 2. The van der Waals surface area contributed by atoms with Crippen LogP contribution in [0.15, 0.2) is 59.1 Å². The zero-order chi connectivity index (χ0) is 20.1. The number of amides is 1. The molecule has 3 rings (SSSR count). The molecule has 1 heterocycles. The topological polar surface area (TPSA) is 103 Å². The van der Waals surface area contributed by atoms with Crippen molar-refractivity contribution >= 4 is 5.91 Å². The summed E-state index contributed by atoms with van der Waals surface area (Å²) in [7, 11) is 1.60. The summed E-state index contributed by atoms with van der Waals surface area (Å²) in [4.78, 5) is 17.0. The summed E-state index contributed by atoms with van der Waals surface area (Å²) < 4.78 is 10.5. The minimum Gasteiger partial charge on any atom is -0.497 e.